The average molecular weight is 386 g/mol. The molecule has 26 heavy (non-hydrogen) atoms. The van der Waals surface area contributed by atoms with Crippen molar-refractivity contribution in [2.75, 3.05) is 20.3 Å². The van der Waals surface area contributed by atoms with Crippen LogP contribution < -0.4 is 10.1 Å². The van der Waals surface area contributed by atoms with Gasteiger partial charge in [0.2, 0.25) is 0 Å². The fourth-order valence-electron chi connectivity index (χ4n) is 1.88. The molecule has 0 aromatic heterocycles. The minimum Gasteiger partial charge on any atom is -0.495 e. The Morgan fingerprint density at radius 3 is 2.46 bits per heavy atom. The van der Waals surface area contributed by atoms with Crippen LogP contribution in [0.15, 0.2) is 18.2 Å². The van der Waals surface area contributed by atoms with Gasteiger partial charge in [0.1, 0.15) is 11.4 Å². The molecule has 144 valence electrons. The molecule has 1 rings (SSSR count). The molecule has 0 saturated carbocycles. The fraction of sp³-hybridized carbons (Fsp3) is 0.500. The quantitative estimate of drug-likeness (QED) is 0.419. The Labute approximate surface area is 157 Å². The second-order valence-electron chi connectivity index (χ2n) is 6.47. The summed E-state index contributed by atoms with van der Waals surface area (Å²) in [5.41, 5.74) is -0.247. The highest BCUT2D eigenvalue weighted by Crippen LogP contribution is 2.25. The topological polar surface area (TPSA) is 90.9 Å². The van der Waals surface area contributed by atoms with E-state index in [1.54, 1.807) is 32.9 Å². The Morgan fingerprint density at radius 1 is 1.19 bits per heavy atom. The summed E-state index contributed by atoms with van der Waals surface area (Å²) in [4.78, 5) is 35.1. The molecule has 1 aromatic rings. The van der Waals surface area contributed by atoms with Crippen LogP contribution in [-0.2, 0) is 14.3 Å². The van der Waals surface area contributed by atoms with Gasteiger partial charge in [0.25, 0.3) is 0 Å². The Kier molecular flexibility index (Phi) is 8.38. The summed E-state index contributed by atoms with van der Waals surface area (Å²) in [6.07, 6.45) is -0.0926. The van der Waals surface area contributed by atoms with Gasteiger partial charge in [-0.25, -0.2) is 4.79 Å². The minimum atomic E-state index is -0.576. The number of rotatable bonds is 8. The Morgan fingerprint density at radius 2 is 1.88 bits per heavy atom. The van der Waals surface area contributed by atoms with Gasteiger partial charge < -0.3 is 19.5 Å². The number of alkyl carbamates (subject to hydrolysis) is 1. The lowest BCUT2D eigenvalue weighted by Gasteiger charge is -2.19. The zero-order valence-electron chi connectivity index (χ0n) is 15.4. The SMILES string of the molecule is COc1ccc(C(=O)COC(=O)CCCNC(=O)OC(C)(C)C)cc1Cl. The van der Waals surface area contributed by atoms with Crippen molar-refractivity contribution >= 4 is 29.4 Å². The molecule has 0 bridgehead atoms. The predicted molar refractivity (Wildman–Crippen MR) is 96.8 cm³/mol. The molecular weight excluding hydrogens is 362 g/mol. The van der Waals surface area contributed by atoms with Crippen molar-refractivity contribution in [1.29, 1.82) is 0 Å². The number of carbonyl (C=O) groups is 3. The maximum Gasteiger partial charge on any atom is 0.407 e. The van der Waals surface area contributed by atoms with Gasteiger partial charge in [-0.1, -0.05) is 11.6 Å². The van der Waals surface area contributed by atoms with Crippen LogP contribution in [0.25, 0.3) is 0 Å². The fourth-order valence-corrected chi connectivity index (χ4v) is 2.14. The Hall–Kier alpha value is -2.28. The summed E-state index contributed by atoms with van der Waals surface area (Å²) in [7, 11) is 1.47. The number of benzene rings is 1. The molecule has 7 nitrogen and oxygen atoms in total. The van der Waals surface area contributed by atoms with Crippen molar-refractivity contribution in [3.8, 4) is 5.75 Å². The van der Waals surface area contributed by atoms with E-state index in [1.165, 1.54) is 13.2 Å². The number of hydrogen-bond acceptors (Lipinski definition) is 6. The molecule has 0 unspecified atom stereocenters. The number of halogens is 1. The zero-order chi connectivity index (χ0) is 19.7. The van der Waals surface area contributed by atoms with Crippen molar-refractivity contribution in [1.82, 2.24) is 5.32 Å². The lowest BCUT2D eigenvalue weighted by Crippen LogP contribution is -2.33. The molecule has 1 aromatic carbocycles. The van der Waals surface area contributed by atoms with E-state index in [4.69, 9.17) is 25.8 Å². The summed E-state index contributed by atoms with van der Waals surface area (Å²) in [6, 6.07) is 4.58. The summed E-state index contributed by atoms with van der Waals surface area (Å²) >= 11 is 5.96. The van der Waals surface area contributed by atoms with Gasteiger partial charge in [-0.3, -0.25) is 9.59 Å². The molecular formula is C18H24ClNO6. The molecule has 1 N–H and O–H groups in total. The normalized spacial score (nSPS) is 10.8. The predicted octanol–water partition coefficient (Wildman–Crippen LogP) is 3.38. The monoisotopic (exact) mass is 385 g/mol. The highest BCUT2D eigenvalue weighted by atomic mass is 35.5. The van der Waals surface area contributed by atoms with E-state index in [0.717, 1.165) is 0 Å². The number of esters is 1. The summed E-state index contributed by atoms with van der Waals surface area (Å²) in [6.45, 7) is 5.18. The van der Waals surface area contributed by atoms with Crippen molar-refractivity contribution in [2.45, 2.75) is 39.2 Å². The molecule has 1 amide bonds. The smallest absolute Gasteiger partial charge is 0.407 e. The van der Waals surface area contributed by atoms with Crippen LogP contribution in [0.5, 0.6) is 5.75 Å². The van der Waals surface area contributed by atoms with E-state index in [2.05, 4.69) is 5.32 Å². The molecule has 0 radical (unpaired) electrons. The summed E-state index contributed by atoms with van der Waals surface area (Å²) in [5, 5.41) is 2.84. The van der Waals surface area contributed by atoms with Crippen molar-refractivity contribution in [3.63, 3.8) is 0 Å². The lowest BCUT2D eigenvalue weighted by molar-refractivity contribution is -0.142. The number of ketones is 1. The largest absolute Gasteiger partial charge is 0.495 e. The minimum absolute atomic E-state index is 0.0758. The number of methoxy groups -OCH3 is 1. The molecule has 0 saturated heterocycles. The first-order valence-electron chi connectivity index (χ1n) is 8.11. The van der Waals surface area contributed by atoms with Crippen molar-refractivity contribution in [2.24, 2.45) is 0 Å². The van der Waals surface area contributed by atoms with Crippen LogP contribution in [0.1, 0.15) is 44.0 Å². The van der Waals surface area contributed by atoms with E-state index >= 15 is 0 Å². The van der Waals surface area contributed by atoms with E-state index in [9.17, 15) is 14.4 Å². The number of Topliss-reactive ketones (excluding diaryl/α,β-unsaturated/α-hetero) is 1. The van der Waals surface area contributed by atoms with Gasteiger partial charge in [0, 0.05) is 18.5 Å². The van der Waals surface area contributed by atoms with E-state index in [0.29, 0.717) is 22.8 Å². The molecule has 8 heteroatoms. The molecule has 0 fully saturated rings. The summed E-state index contributed by atoms with van der Waals surface area (Å²) in [5.74, 6) is -0.434. The third-order valence-corrected chi connectivity index (χ3v) is 3.36. The van der Waals surface area contributed by atoms with Crippen LogP contribution in [0.4, 0.5) is 4.79 Å². The standard InChI is InChI=1S/C18H24ClNO6/c1-18(2,3)26-17(23)20-9-5-6-16(22)25-11-14(21)12-7-8-15(24-4)13(19)10-12/h7-8,10H,5-6,9,11H2,1-4H3,(H,20,23). The second kappa shape index (κ2) is 10.0. The van der Waals surface area contributed by atoms with Gasteiger partial charge >= 0.3 is 12.1 Å². The number of nitrogens with one attached hydrogen (secondary N) is 1. The first kappa shape index (κ1) is 21.8. The third kappa shape index (κ3) is 8.20. The van der Waals surface area contributed by atoms with Gasteiger partial charge in [-0.15, -0.1) is 0 Å². The van der Waals surface area contributed by atoms with E-state index in [1.807, 2.05) is 0 Å². The molecule has 0 aliphatic heterocycles. The average Bonchev–Trinajstić information content (AvgIpc) is 2.54. The number of carbonyl (C=O) groups excluding carboxylic acids is 3. The zero-order valence-corrected chi connectivity index (χ0v) is 16.1. The Bertz CT molecular complexity index is 654. The highest BCUT2D eigenvalue weighted by Gasteiger charge is 2.16. The molecule has 0 aliphatic carbocycles. The van der Waals surface area contributed by atoms with Crippen LogP contribution in [0.3, 0.4) is 0 Å². The van der Waals surface area contributed by atoms with Gasteiger partial charge in [0.15, 0.2) is 12.4 Å². The summed E-state index contributed by atoms with van der Waals surface area (Å²) < 4.78 is 15.0. The van der Waals surface area contributed by atoms with Crippen LogP contribution in [-0.4, -0.2) is 43.7 Å². The van der Waals surface area contributed by atoms with E-state index in [-0.39, 0.29) is 25.4 Å². The van der Waals surface area contributed by atoms with Crippen molar-refractivity contribution in [3.05, 3.63) is 28.8 Å². The molecule has 0 aliphatic rings. The van der Waals surface area contributed by atoms with Gasteiger partial charge in [0.05, 0.1) is 12.1 Å². The molecule has 0 heterocycles. The second-order valence-corrected chi connectivity index (χ2v) is 6.87. The molecule has 0 atom stereocenters. The number of hydrogen-bond donors (Lipinski definition) is 1. The maximum absolute atomic E-state index is 12.0. The lowest BCUT2D eigenvalue weighted by atomic mass is 10.1. The van der Waals surface area contributed by atoms with E-state index < -0.39 is 17.7 Å². The Balaban J connectivity index is 2.28. The van der Waals surface area contributed by atoms with Crippen LogP contribution in [0.2, 0.25) is 5.02 Å². The first-order chi connectivity index (χ1) is 12.1. The van der Waals surface area contributed by atoms with Crippen molar-refractivity contribution < 1.29 is 28.6 Å². The van der Waals surface area contributed by atoms with Gasteiger partial charge in [-0.05, 0) is 45.4 Å². The number of ether oxygens (including phenoxy) is 3. The van der Waals surface area contributed by atoms with Crippen LogP contribution >= 0.6 is 11.6 Å². The number of amides is 1. The molecule has 0 spiro atoms. The van der Waals surface area contributed by atoms with Gasteiger partial charge in [-0.2, -0.15) is 0 Å². The van der Waals surface area contributed by atoms with Crippen LogP contribution in [0, 0.1) is 0 Å². The third-order valence-electron chi connectivity index (χ3n) is 3.06. The first-order valence-corrected chi connectivity index (χ1v) is 8.49. The highest BCUT2D eigenvalue weighted by molar-refractivity contribution is 6.32. The maximum atomic E-state index is 12.0.